The van der Waals surface area contributed by atoms with Crippen LogP contribution in [0.15, 0.2) is 24.5 Å². The molecule has 1 saturated carbocycles. The number of amides is 2. The normalized spacial score (nSPS) is 24.6. The van der Waals surface area contributed by atoms with E-state index >= 15 is 0 Å². The molecule has 2 atom stereocenters. The van der Waals surface area contributed by atoms with Gasteiger partial charge in [-0.3, -0.25) is 14.5 Å². The van der Waals surface area contributed by atoms with E-state index in [1.54, 1.807) is 10.6 Å². The first-order chi connectivity index (χ1) is 15.2. The van der Waals surface area contributed by atoms with Crippen LogP contribution in [0.1, 0.15) is 42.6 Å². The van der Waals surface area contributed by atoms with Crippen molar-refractivity contribution in [3.05, 3.63) is 30.2 Å². The Bertz CT molecular complexity index is 936. The minimum Gasteiger partial charge on any atom is -0.378 e. The van der Waals surface area contributed by atoms with Gasteiger partial charge in [0.15, 0.2) is 5.65 Å². The average molecular weight is 427 g/mol. The van der Waals surface area contributed by atoms with Gasteiger partial charge in [0.2, 0.25) is 5.91 Å². The number of likely N-dealkylation sites (tertiary alicyclic amines) is 1. The summed E-state index contributed by atoms with van der Waals surface area (Å²) in [6.07, 6.45) is 6.57. The Morgan fingerprint density at radius 2 is 1.90 bits per heavy atom. The van der Waals surface area contributed by atoms with E-state index in [9.17, 15) is 9.59 Å². The van der Waals surface area contributed by atoms with Crippen molar-refractivity contribution in [1.29, 1.82) is 0 Å². The van der Waals surface area contributed by atoms with Crippen LogP contribution in [0.5, 0.6) is 0 Å². The first kappa shape index (κ1) is 20.4. The van der Waals surface area contributed by atoms with Crippen LogP contribution in [0.4, 0.5) is 0 Å². The maximum Gasteiger partial charge on any atom is 0.270 e. The molecule has 0 aromatic carbocycles. The number of rotatable bonds is 7. The number of pyridine rings is 1. The highest BCUT2D eigenvalue weighted by Gasteiger charge is 2.38. The molecule has 2 aromatic rings. The highest BCUT2D eigenvalue weighted by Crippen LogP contribution is 2.35. The van der Waals surface area contributed by atoms with Gasteiger partial charge in [-0.25, -0.2) is 9.50 Å². The first-order valence-corrected chi connectivity index (χ1v) is 11.4. The molecular weight excluding hydrogens is 396 g/mol. The van der Waals surface area contributed by atoms with Gasteiger partial charge in [0, 0.05) is 44.7 Å². The lowest BCUT2D eigenvalue weighted by molar-refractivity contribution is -0.136. The van der Waals surface area contributed by atoms with Crippen molar-refractivity contribution in [2.45, 2.75) is 44.2 Å². The van der Waals surface area contributed by atoms with E-state index < -0.39 is 0 Å². The fourth-order valence-electron chi connectivity index (χ4n) is 4.81. The third-order valence-electron chi connectivity index (χ3n) is 6.74. The third-order valence-corrected chi connectivity index (χ3v) is 6.74. The Morgan fingerprint density at radius 1 is 1.10 bits per heavy atom. The lowest BCUT2D eigenvalue weighted by Crippen LogP contribution is -2.47. The summed E-state index contributed by atoms with van der Waals surface area (Å²) in [5, 5.41) is 7.26. The standard InChI is InChI=1S/C22H30N6O3/c29-21(26-8-10-31-11-9-26)12-17-6-7-18(27(17)14-16-4-5-16)13-23-22(30)19-2-1-3-20-24-15-25-28(19)20/h1-3,15-18H,4-14H2,(H,23,30)/t17-,18+/m1/s1. The summed E-state index contributed by atoms with van der Waals surface area (Å²) in [4.78, 5) is 34.2. The molecule has 9 heteroatoms. The van der Waals surface area contributed by atoms with Crippen LogP contribution in [0, 0.1) is 5.92 Å². The van der Waals surface area contributed by atoms with E-state index in [1.807, 2.05) is 17.0 Å². The van der Waals surface area contributed by atoms with Crippen molar-refractivity contribution in [2.24, 2.45) is 5.92 Å². The summed E-state index contributed by atoms with van der Waals surface area (Å²) in [6, 6.07) is 5.94. The van der Waals surface area contributed by atoms with E-state index in [4.69, 9.17) is 4.74 Å². The van der Waals surface area contributed by atoms with Crippen molar-refractivity contribution >= 4 is 17.5 Å². The SMILES string of the molecule is O=C(NC[C@@H]1CC[C@H](CC(=O)N2CCOCC2)N1CC1CC1)c1cccc2ncnn12. The Kier molecular flexibility index (Phi) is 5.87. The number of carbonyl (C=O) groups is 2. The number of ether oxygens (including phenoxy) is 1. The largest absolute Gasteiger partial charge is 0.378 e. The lowest BCUT2D eigenvalue weighted by atomic mass is 10.1. The van der Waals surface area contributed by atoms with E-state index in [0.29, 0.717) is 50.6 Å². The zero-order valence-corrected chi connectivity index (χ0v) is 17.8. The van der Waals surface area contributed by atoms with Gasteiger partial charge < -0.3 is 15.0 Å². The Hall–Kier alpha value is -2.52. The number of fused-ring (bicyclic) bond motifs is 1. The number of morpholine rings is 1. The van der Waals surface area contributed by atoms with Gasteiger partial charge in [0.25, 0.3) is 5.91 Å². The molecule has 3 aliphatic rings. The monoisotopic (exact) mass is 426 g/mol. The van der Waals surface area contributed by atoms with Gasteiger partial charge in [-0.2, -0.15) is 5.10 Å². The summed E-state index contributed by atoms with van der Waals surface area (Å²) in [6.45, 7) is 4.27. The Balaban J connectivity index is 1.21. The van der Waals surface area contributed by atoms with Crippen LogP contribution in [-0.4, -0.2) is 87.7 Å². The Labute approximate surface area is 181 Å². The number of aromatic nitrogens is 3. The highest BCUT2D eigenvalue weighted by atomic mass is 16.5. The second-order valence-electron chi connectivity index (χ2n) is 8.87. The van der Waals surface area contributed by atoms with E-state index in [0.717, 1.165) is 25.3 Å². The summed E-state index contributed by atoms with van der Waals surface area (Å²) in [5.74, 6) is 0.827. The van der Waals surface area contributed by atoms with Crippen LogP contribution in [0.3, 0.4) is 0 Å². The number of nitrogens with one attached hydrogen (secondary N) is 1. The minimum absolute atomic E-state index is 0.143. The molecule has 2 amide bonds. The quantitative estimate of drug-likeness (QED) is 0.709. The third kappa shape index (κ3) is 4.57. The molecule has 1 aliphatic carbocycles. The molecule has 0 spiro atoms. The maximum absolute atomic E-state index is 12.8. The fourth-order valence-corrected chi connectivity index (χ4v) is 4.81. The zero-order chi connectivity index (χ0) is 21.2. The topological polar surface area (TPSA) is 92.1 Å². The molecule has 0 radical (unpaired) electrons. The first-order valence-electron chi connectivity index (χ1n) is 11.4. The molecule has 0 unspecified atom stereocenters. The highest BCUT2D eigenvalue weighted by molar-refractivity contribution is 5.93. The van der Waals surface area contributed by atoms with Crippen LogP contribution in [0.25, 0.3) is 5.65 Å². The Morgan fingerprint density at radius 3 is 2.71 bits per heavy atom. The van der Waals surface area contributed by atoms with Crippen molar-refractivity contribution in [3.63, 3.8) is 0 Å². The second kappa shape index (κ2) is 8.92. The average Bonchev–Trinajstić information content (AvgIpc) is 3.35. The van der Waals surface area contributed by atoms with Gasteiger partial charge in [0.1, 0.15) is 12.0 Å². The second-order valence-corrected chi connectivity index (χ2v) is 8.87. The summed E-state index contributed by atoms with van der Waals surface area (Å²) < 4.78 is 6.94. The molecule has 31 heavy (non-hydrogen) atoms. The molecule has 1 N–H and O–H groups in total. The molecule has 166 valence electrons. The van der Waals surface area contributed by atoms with Crippen LogP contribution in [0.2, 0.25) is 0 Å². The van der Waals surface area contributed by atoms with Crippen LogP contribution >= 0.6 is 0 Å². The van der Waals surface area contributed by atoms with Crippen LogP contribution in [-0.2, 0) is 9.53 Å². The van der Waals surface area contributed by atoms with Crippen molar-refractivity contribution in [2.75, 3.05) is 39.4 Å². The van der Waals surface area contributed by atoms with Crippen LogP contribution < -0.4 is 5.32 Å². The summed E-state index contributed by atoms with van der Waals surface area (Å²) >= 11 is 0. The van der Waals surface area contributed by atoms with Gasteiger partial charge in [0.05, 0.1) is 13.2 Å². The molecule has 0 bridgehead atoms. The zero-order valence-electron chi connectivity index (χ0n) is 17.8. The van der Waals surface area contributed by atoms with Crippen molar-refractivity contribution in [1.82, 2.24) is 29.7 Å². The smallest absolute Gasteiger partial charge is 0.270 e. The molecule has 9 nitrogen and oxygen atoms in total. The molecule has 2 saturated heterocycles. The number of nitrogens with zero attached hydrogens (tertiary/aromatic N) is 5. The van der Waals surface area contributed by atoms with E-state index in [-0.39, 0.29) is 23.9 Å². The summed E-state index contributed by atoms with van der Waals surface area (Å²) in [5.41, 5.74) is 1.14. The van der Waals surface area contributed by atoms with Gasteiger partial charge in [-0.1, -0.05) is 6.07 Å². The van der Waals surface area contributed by atoms with E-state index in [2.05, 4.69) is 20.3 Å². The lowest BCUT2D eigenvalue weighted by Gasteiger charge is -2.33. The minimum atomic E-state index is -0.143. The number of hydrogen-bond acceptors (Lipinski definition) is 6. The predicted octanol–water partition coefficient (Wildman–Crippen LogP) is 0.951. The van der Waals surface area contributed by atoms with Crippen molar-refractivity contribution < 1.29 is 14.3 Å². The molecular formula is C22H30N6O3. The van der Waals surface area contributed by atoms with Crippen molar-refractivity contribution in [3.8, 4) is 0 Å². The van der Waals surface area contributed by atoms with Gasteiger partial charge in [-0.05, 0) is 43.7 Å². The predicted molar refractivity (Wildman–Crippen MR) is 114 cm³/mol. The number of hydrogen-bond donors (Lipinski definition) is 1. The summed E-state index contributed by atoms with van der Waals surface area (Å²) in [7, 11) is 0. The molecule has 2 aromatic heterocycles. The molecule has 2 aliphatic heterocycles. The van der Waals surface area contributed by atoms with Gasteiger partial charge in [-0.15, -0.1) is 0 Å². The number of carbonyl (C=O) groups excluding carboxylic acids is 2. The van der Waals surface area contributed by atoms with E-state index in [1.165, 1.54) is 19.2 Å². The molecule has 5 rings (SSSR count). The fraction of sp³-hybridized carbons (Fsp3) is 0.636. The van der Waals surface area contributed by atoms with Gasteiger partial charge >= 0.3 is 0 Å². The molecule has 3 fully saturated rings. The molecule has 4 heterocycles. The maximum atomic E-state index is 12.8.